The van der Waals surface area contributed by atoms with Gasteiger partial charge >= 0.3 is 0 Å². The van der Waals surface area contributed by atoms with Crippen molar-refractivity contribution in [2.75, 3.05) is 17.7 Å². The highest BCUT2D eigenvalue weighted by atomic mass is 79.9. The van der Waals surface area contributed by atoms with E-state index < -0.39 is 0 Å². The number of ether oxygens (including phenoxy) is 1. The van der Waals surface area contributed by atoms with Crippen LogP contribution < -0.4 is 15.4 Å². The Morgan fingerprint density at radius 3 is 2.36 bits per heavy atom. The van der Waals surface area contributed by atoms with Crippen molar-refractivity contribution in [3.8, 4) is 5.75 Å². The fourth-order valence-corrected chi connectivity index (χ4v) is 2.46. The van der Waals surface area contributed by atoms with Crippen molar-refractivity contribution >= 4 is 39.0 Å². The maximum atomic E-state index is 12.4. The first kappa shape index (κ1) is 17.0. The number of hydrogen-bond donors (Lipinski definition) is 2. The van der Waals surface area contributed by atoms with Gasteiger partial charge in [0.05, 0.1) is 7.11 Å². The molecule has 0 unspecified atom stereocenters. The van der Waals surface area contributed by atoms with Gasteiger partial charge in [-0.3, -0.25) is 4.79 Å². The van der Waals surface area contributed by atoms with Crippen LogP contribution >= 0.6 is 15.9 Å². The third-order valence-corrected chi connectivity index (χ3v) is 4.02. The van der Waals surface area contributed by atoms with Crippen molar-refractivity contribution in [2.24, 2.45) is 0 Å². The van der Waals surface area contributed by atoms with Crippen LogP contribution in [0.5, 0.6) is 5.75 Å². The highest BCUT2D eigenvalue weighted by Crippen LogP contribution is 2.20. The summed E-state index contributed by atoms with van der Waals surface area (Å²) in [5.41, 5.74) is 2.11. The Hall–Kier alpha value is -2.86. The molecule has 6 heteroatoms. The van der Waals surface area contributed by atoms with Gasteiger partial charge in [-0.15, -0.1) is 0 Å². The zero-order valence-corrected chi connectivity index (χ0v) is 15.1. The highest BCUT2D eigenvalue weighted by Gasteiger charge is 2.08. The molecule has 3 rings (SSSR count). The van der Waals surface area contributed by atoms with E-state index in [2.05, 4.69) is 31.5 Å². The van der Waals surface area contributed by atoms with E-state index in [1.54, 1.807) is 49.7 Å². The first-order chi connectivity index (χ1) is 12.1. The number of nitrogens with one attached hydrogen (secondary N) is 2. The summed E-state index contributed by atoms with van der Waals surface area (Å²) in [7, 11) is 1.60. The smallest absolute Gasteiger partial charge is 0.255 e. The first-order valence-corrected chi connectivity index (χ1v) is 8.37. The average Bonchev–Trinajstić information content (AvgIpc) is 2.64. The number of halogens is 1. The molecule has 0 aliphatic carbocycles. The molecule has 0 spiro atoms. The van der Waals surface area contributed by atoms with Gasteiger partial charge in [-0.1, -0.05) is 15.9 Å². The molecule has 0 bridgehead atoms. The van der Waals surface area contributed by atoms with Gasteiger partial charge < -0.3 is 15.4 Å². The zero-order chi connectivity index (χ0) is 17.6. The molecule has 0 radical (unpaired) electrons. The molecule has 25 heavy (non-hydrogen) atoms. The summed E-state index contributed by atoms with van der Waals surface area (Å²) in [6.45, 7) is 0. The third-order valence-electron chi connectivity index (χ3n) is 3.49. The number of hydrogen-bond acceptors (Lipinski definition) is 4. The normalized spacial score (nSPS) is 10.2. The lowest BCUT2D eigenvalue weighted by atomic mass is 10.2. The van der Waals surface area contributed by atoms with Crippen molar-refractivity contribution in [3.63, 3.8) is 0 Å². The van der Waals surface area contributed by atoms with Gasteiger partial charge in [0.25, 0.3) is 5.91 Å². The molecule has 0 saturated heterocycles. The lowest BCUT2D eigenvalue weighted by Crippen LogP contribution is -2.12. The summed E-state index contributed by atoms with van der Waals surface area (Å²) in [4.78, 5) is 16.7. The van der Waals surface area contributed by atoms with Gasteiger partial charge in [-0.2, -0.15) is 0 Å². The molecule has 3 aromatic rings. The SMILES string of the molecule is COc1ccc(NC(=O)c2ccnc(Nc3ccc(Br)cc3)c2)cc1. The Bertz CT molecular complexity index is 865. The van der Waals surface area contributed by atoms with Gasteiger partial charge in [0.15, 0.2) is 0 Å². The molecule has 0 fully saturated rings. The minimum Gasteiger partial charge on any atom is -0.497 e. The second-order valence-corrected chi connectivity index (χ2v) is 6.16. The molecule has 0 saturated carbocycles. The van der Waals surface area contributed by atoms with Crippen LogP contribution in [0, 0.1) is 0 Å². The Balaban J connectivity index is 1.71. The van der Waals surface area contributed by atoms with Crippen LogP contribution in [0.3, 0.4) is 0 Å². The minimum absolute atomic E-state index is 0.202. The molecule has 1 heterocycles. The van der Waals surface area contributed by atoms with Gasteiger partial charge in [0.2, 0.25) is 0 Å². The molecule has 2 aromatic carbocycles. The Kier molecular flexibility index (Phi) is 5.30. The molecule has 126 valence electrons. The lowest BCUT2D eigenvalue weighted by Gasteiger charge is -2.09. The van der Waals surface area contributed by atoms with Crippen LogP contribution in [-0.4, -0.2) is 18.0 Å². The van der Waals surface area contributed by atoms with E-state index in [4.69, 9.17) is 4.74 Å². The molecule has 0 atom stereocenters. The van der Waals surface area contributed by atoms with E-state index in [1.165, 1.54) is 0 Å². The third kappa shape index (κ3) is 4.58. The van der Waals surface area contributed by atoms with Crippen molar-refractivity contribution in [1.82, 2.24) is 4.98 Å². The number of aromatic nitrogens is 1. The monoisotopic (exact) mass is 397 g/mol. The van der Waals surface area contributed by atoms with Gasteiger partial charge in [0, 0.05) is 27.6 Å². The number of benzene rings is 2. The molecule has 0 aliphatic rings. The largest absolute Gasteiger partial charge is 0.497 e. The maximum absolute atomic E-state index is 12.4. The van der Waals surface area contributed by atoms with Crippen molar-refractivity contribution in [1.29, 1.82) is 0 Å². The van der Waals surface area contributed by atoms with E-state index >= 15 is 0 Å². The number of nitrogens with zero attached hydrogens (tertiary/aromatic N) is 1. The summed E-state index contributed by atoms with van der Waals surface area (Å²) in [6.07, 6.45) is 1.60. The van der Waals surface area contributed by atoms with Crippen LogP contribution in [0.25, 0.3) is 0 Å². The Morgan fingerprint density at radius 1 is 1.00 bits per heavy atom. The van der Waals surface area contributed by atoms with Crippen LogP contribution in [-0.2, 0) is 0 Å². The molecular formula is C19H16BrN3O2. The predicted molar refractivity (Wildman–Crippen MR) is 103 cm³/mol. The molecule has 2 N–H and O–H groups in total. The van der Waals surface area contributed by atoms with Crippen LogP contribution in [0.2, 0.25) is 0 Å². The van der Waals surface area contributed by atoms with Crippen LogP contribution in [0.4, 0.5) is 17.2 Å². The van der Waals surface area contributed by atoms with E-state index in [0.29, 0.717) is 17.1 Å². The zero-order valence-electron chi connectivity index (χ0n) is 13.5. The van der Waals surface area contributed by atoms with E-state index in [1.807, 2.05) is 24.3 Å². The van der Waals surface area contributed by atoms with E-state index in [9.17, 15) is 4.79 Å². The molecule has 5 nitrogen and oxygen atoms in total. The first-order valence-electron chi connectivity index (χ1n) is 7.58. The number of amides is 1. The average molecular weight is 398 g/mol. The summed E-state index contributed by atoms with van der Waals surface area (Å²) in [5.74, 6) is 1.14. The van der Waals surface area contributed by atoms with E-state index in [-0.39, 0.29) is 5.91 Å². The maximum Gasteiger partial charge on any atom is 0.255 e. The fourth-order valence-electron chi connectivity index (χ4n) is 2.20. The molecule has 0 aliphatic heterocycles. The Labute approximate surface area is 154 Å². The minimum atomic E-state index is -0.202. The topological polar surface area (TPSA) is 63.2 Å². The summed E-state index contributed by atoms with van der Waals surface area (Å²) < 4.78 is 6.11. The lowest BCUT2D eigenvalue weighted by molar-refractivity contribution is 0.102. The quantitative estimate of drug-likeness (QED) is 0.645. The molecule has 1 amide bonds. The number of carbonyl (C=O) groups excluding carboxylic acids is 1. The van der Waals surface area contributed by atoms with Crippen molar-refractivity contribution in [2.45, 2.75) is 0 Å². The number of methoxy groups -OCH3 is 1. The standard InChI is InChI=1S/C19H16BrN3O2/c1-25-17-8-6-16(7-9-17)23-19(24)13-10-11-21-18(12-13)22-15-4-2-14(20)3-5-15/h2-12H,1H3,(H,21,22)(H,23,24). The summed E-state index contributed by atoms with van der Waals surface area (Å²) in [6, 6.07) is 18.3. The molecule has 1 aromatic heterocycles. The second-order valence-electron chi connectivity index (χ2n) is 5.24. The van der Waals surface area contributed by atoms with Gasteiger partial charge in [-0.05, 0) is 60.7 Å². The van der Waals surface area contributed by atoms with Crippen molar-refractivity contribution < 1.29 is 9.53 Å². The molecular weight excluding hydrogens is 382 g/mol. The summed E-state index contributed by atoms with van der Waals surface area (Å²) >= 11 is 3.40. The number of carbonyl (C=O) groups is 1. The number of anilines is 3. The number of rotatable bonds is 5. The second kappa shape index (κ2) is 7.81. The van der Waals surface area contributed by atoms with Gasteiger partial charge in [0.1, 0.15) is 11.6 Å². The van der Waals surface area contributed by atoms with Crippen LogP contribution in [0.15, 0.2) is 71.3 Å². The van der Waals surface area contributed by atoms with E-state index in [0.717, 1.165) is 15.9 Å². The fraction of sp³-hybridized carbons (Fsp3) is 0.0526. The predicted octanol–water partition coefficient (Wildman–Crippen LogP) is 4.85. The number of pyridine rings is 1. The van der Waals surface area contributed by atoms with Crippen LogP contribution in [0.1, 0.15) is 10.4 Å². The van der Waals surface area contributed by atoms with Gasteiger partial charge in [-0.25, -0.2) is 4.98 Å². The van der Waals surface area contributed by atoms with Crippen molar-refractivity contribution in [3.05, 3.63) is 76.9 Å². The summed E-state index contributed by atoms with van der Waals surface area (Å²) in [5, 5.41) is 6.03. The highest BCUT2D eigenvalue weighted by molar-refractivity contribution is 9.10. The Morgan fingerprint density at radius 2 is 1.68 bits per heavy atom.